The Balaban J connectivity index is 1.63. The van der Waals surface area contributed by atoms with Crippen LogP contribution in [-0.2, 0) is 19.1 Å². The van der Waals surface area contributed by atoms with Crippen molar-refractivity contribution in [2.75, 3.05) is 13.1 Å². The third-order valence-electron chi connectivity index (χ3n) is 4.46. The van der Waals surface area contributed by atoms with Gasteiger partial charge in [0.2, 0.25) is 5.91 Å². The Bertz CT molecular complexity index is 665. The summed E-state index contributed by atoms with van der Waals surface area (Å²) in [5.41, 5.74) is 0. The van der Waals surface area contributed by atoms with E-state index in [2.05, 4.69) is 16.0 Å². The lowest BCUT2D eigenvalue weighted by molar-refractivity contribution is -0.154. The van der Waals surface area contributed by atoms with Crippen molar-refractivity contribution < 1.29 is 28.3 Å². The number of amides is 3. The number of hydrogen-bond acceptors (Lipinski definition) is 6. The van der Waals surface area contributed by atoms with Crippen LogP contribution in [-0.4, -0.2) is 48.9 Å². The van der Waals surface area contributed by atoms with Gasteiger partial charge < -0.3 is 25.1 Å². The predicted molar refractivity (Wildman–Crippen MR) is 99.2 cm³/mol. The molecule has 0 spiro atoms. The van der Waals surface area contributed by atoms with Crippen LogP contribution in [0.25, 0.3) is 0 Å². The number of esters is 1. The second-order valence-electron chi connectivity index (χ2n) is 6.77. The van der Waals surface area contributed by atoms with Crippen LogP contribution in [0.4, 0.5) is 0 Å². The van der Waals surface area contributed by atoms with Gasteiger partial charge in [-0.2, -0.15) is 0 Å². The highest BCUT2D eigenvalue weighted by atomic mass is 16.5. The lowest BCUT2D eigenvalue weighted by atomic mass is 10.1. The average molecular weight is 393 g/mol. The Kier molecular flexibility index (Phi) is 8.51. The maximum Gasteiger partial charge on any atom is 0.326 e. The number of ether oxygens (including phenoxy) is 1. The maximum absolute atomic E-state index is 12.2. The van der Waals surface area contributed by atoms with Crippen LogP contribution in [0, 0.1) is 0 Å². The zero-order valence-corrected chi connectivity index (χ0v) is 16.0. The number of carbonyl (C=O) groups is 4. The largest absolute Gasteiger partial charge is 0.459 e. The molecule has 0 bridgehead atoms. The highest BCUT2D eigenvalue weighted by Crippen LogP contribution is 2.17. The molecule has 1 aromatic rings. The fraction of sp³-hybridized carbons (Fsp3) is 0.579. The monoisotopic (exact) mass is 393 g/mol. The summed E-state index contributed by atoms with van der Waals surface area (Å²) in [6.45, 7) is 0.788. The SMILES string of the molecule is C[C@H](OC(=O)CNC(=O)CNC(=O)c1ccco1)C(=O)NC1CCCCCC1. The first-order chi connectivity index (χ1) is 13.5. The molecule has 3 amide bonds. The van der Waals surface area contributed by atoms with Gasteiger partial charge in [-0.3, -0.25) is 19.2 Å². The molecule has 1 aliphatic carbocycles. The van der Waals surface area contributed by atoms with E-state index >= 15 is 0 Å². The summed E-state index contributed by atoms with van der Waals surface area (Å²) in [5, 5.41) is 7.60. The molecular weight excluding hydrogens is 366 g/mol. The highest BCUT2D eigenvalue weighted by Gasteiger charge is 2.22. The van der Waals surface area contributed by atoms with Crippen molar-refractivity contribution in [3.05, 3.63) is 24.2 Å². The molecule has 1 saturated carbocycles. The van der Waals surface area contributed by atoms with Gasteiger partial charge in [0.15, 0.2) is 11.9 Å². The number of rotatable bonds is 8. The Morgan fingerprint density at radius 3 is 2.46 bits per heavy atom. The summed E-state index contributed by atoms with van der Waals surface area (Å²) >= 11 is 0. The minimum atomic E-state index is -0.939. The van der Waals surface area contributed by atoms with Crippen molar-refractivity contribution >= 4 is 23.7 Å². The molecule has 1 heterocycles. The Morgan fingerprint density at radius 2 is 1.82 bits per heavy atom. The molecular formula is C19H27N3O6. The first kappa shape index (κ1) is 21.5. The number of furan rings is 1. The van der Waals surface area contributed by atoms with Crippen LogP contribution in [0.1, 0.15) is 56.0 Å². The number of carbonyl (C=O) groups excluding carboxylic acids is 4. The second-order valence-corrected chi connectivity index (χ2v) is 6.77. The van der Waals surface area contributed by atoms with Crippen LogP contribution < -0.4 is 16.0 Å². The molecule has 9 nitrogen and oxygen atoms in total. The summed E-state index contributed by atoms with van der Waals surface area (Å²) in [7, 11) is 0. The summed E-state index contributed by atoms with van der Waals surface area (Å²) < 4.78 is 9.95. The first-order valence-corrected chi connectivity index (χ1v) is 9.54. The van der Waals surface area contributed by atoms with Gasteiger partial charge in [0.25, 0.3) is 11.8 Å². The molecule has 3 N–H and O–H groups in total. The lowest BCUT2D eigenvalue weighted by Crippen LogP contribution is -2.44. The van der Waals surface area contributed by atoms with E-state index in [1.54, 1.807) is 6.07 Å². The molecule has 2 rings (SSSR count). The van der Waals surface area contributed by atoms with Crippen molar-refractivity contribution in [2.24, 2.45) is 0 Å². The highest BCUT2D eigenvalue weighted by molar-refractivity contribution is 5.94. The average Bonchev–Trinajstić information content (AvgIpc) is 3.10. The molecule has 1 aliphatic rings. The molecule has 1 fully saturated rings. The third kappa shape index (κ3) is 7.42. The summed E-state index contributed by atoms with van der Waals surface area (Å²) in [5.74, 6) is -2.08. The Hall–Kier alpha value is -2.84. The second kappa shape index (κ2) is 11.1. The smallest absolute Gasteiger partial charge is 0.326 e. The van der Waals surface area contributed by atoms with Crippen LogP contribution in [0.5, 0.6) is 0 Å². The minimum absolute atomic E-state index is 0.0840. The summed E-state index contributed by atoms with van der Waals surface area (Å²) in [4.78, 5) is 47.3. The van der Waals surface area contributed by atoms with Crippen molar-refractivity contribution in [3.8, 4) is 0 Å². The zero-order valence-electron chi connectivity index (χ0n) is 16.0. The summed E-state index contributed by atoms with van der Waals surface area (Å²) in [6.07, 6.45) is 6.81. The van der Waals surface area contributed by atoms with Crippen LogP contribution in [0.15, 0.2) is 22.8 Å². The van der Waals surface area contributed by atoms with Gasteiger partial charge in [0.1, 0.15) is 6.54 Å². The topological polar surface area (TPSA) is 127 Å². The molecule has 9 heteroatoms. The van der Waals surface area contributed by atoms with E-state index < -0.39 is 30.4 Å². The van der Waals surface area contributed by atoms with Gasteiger partial charge in [-0.15, -0.1) is 0 Å². The molecule has 0 unspecified atom stereocenters. The van der Waals surface area contributed by atoms with E-state index in [1.165, 1.54) is 32.1 Å². The molecule has 0 aliphatic heterocycles. The lowest BCUT2D eigenvalue weighted by Gasteiger charge is -2.19. The molecule has 1 aromatic heterocycles. The molecule has 1 atom stereocenters. The van der Waals surface area contributed by atoms with E-state index in [1.807, 2.05) is 0 Å². The molecule has 0 aromatic carbocycles. The van der Waals surface area contributed by atoms with E-state index in [0.717, 1.165) is 25.7 Å². The number of hydrogen-bond donors (Lipinski definition) is 3. The van der Waals surface area contributed by atoms with E-state index in [4.69, 9.17) is 9.15 Å². The van der Waals surface area contributed by atoms with Crippen LogP contribution in [0.3, 0.4) is 0 Å². The van der Waals surface area contributed by atoms with Gasteiger partial charge in [-0.05, 0) is 31.9 Å². The normalized spacial score (nSPS) is 15.8. The number of nitrogens with one attached hydrogen (secondary N) is 3. The van der Waals surface area contributed by atoms with E-state index in [0.29, 0.717) is 0 Å². The molecule has 0 saturated heterocycles. The molecule has 28 heavy (non-hydrogen) atoms. The van der Waals surface area contributed by atoms with Gasteiger partial charge in [0, 0.05) is 6.04 Å². The fourth-order valence-electron chi connectivity index (χ4n) is 2.92. The van der Waals surface area contributed by atoms with Crippen molar-refractivity contribution in [1.29, 1.82) is 0 Å². The Labute approximate surface area is 163 Å². The molecule has 0 radical (unpaired) electrons. The Morgan fingerprint density at radius 1 is 1.11 bits per heavy atom. The van der Waals surface area contributed by atoms with Gasteiger partial charge in [0.05, 0.1) is 12.8 Å². The van der Waals surface area contributed by atoms with Gasteiger partial charge in [-0.1, -0.05) is 25.7 Å². The van der Waals surface area contributed by atoms with Crippen molar-refractivity contribution in [3.63, 3.8) is 0 Å². The van der Waals surface area contributed by atoms with Crippen LogP contribution in [0.2, 0.25) is 0 Å². The standard InChI is InChI=1S/C19H27N3O6/c1-13(18(25)22-14-7-4-2-3-5-8-14)28-17(24)12-20-16(23)11-21-19(26)15-9-6-10-27-15/h6,9-10,13-14H,2-5,7-8,11-12H2,1H3,(H,20,23)(H,21,26)(H,22,25)/t13-/m0/s1. The van der Waals surface area contributed by atoms with Crippen molar-refractivity contribution in [2.45, 2.75) is 57.6 Å². The minimum Gasteiger partial charge on any atom is -0.459 e. The van der Waals surface area contributed by atoms with Crippen LogP contribution >= 0.6 is 0 Å². The maximum atomic E-state index is 12.2. The van der Waals surface area contributed by atoms with E-state index in [-0.39, 0.29) is 24.3 Å². The zero-order chi connectivity index (χ0) is 20.4. The van der Waals surface area contributed by atoms with Crippen molar-refractivity contribution in [1.82, 2.24) is 16.0 Å². The third-order valence-corrected chi connectivity index (χ3v) is 4.46. The predicted octanol–water partition coefficient (Wildman–Crippen LogP) is 0.896. The fourth-order valence-corrected chi connectivity index (χ4v) is 2.92. The summed E-state index contributed by atoms with van der Waals surface area (Å²) in [6, 6.07) is 3.14. The van der Waals surface area contributed by atoms with E-state index in [9.17, 15) is 19.2 Å². The first-order valence-electron chi connectivity index (χ1n) is 9.54. The molecule has 154 valence electrons. The van der Waals surface area contributed by atoms with Gasteiger partial charge >= 0.3 is 5.97 Å². The quantitative estimate of drug-likeness (QED) is 0.445. The van der Waals surface area contributed by atoms with Gasteiger partial charge in [-0.25, -0.2) is 0 Å².